The Morgan fingerprint density at radius 2 is 1.52 bits per heavy atom. The number of hydrogen-bond acceptors (Lipinski definition) is 4. The minimum Gasteiger partial charge on any atom is -0.484 e. The second-order valence-corrected chi connectivity index (χ2v) is 6.09. The van der Waals surface area contributed by atoms with Gasteiger partial charge in [0.1, 0.15) is 5.75 Å². The van der Waals surface area contributed by atoms with Crippen LogP contribution in [0.25, 0.3) is 0 Å². The molecule has 27 heavy (non-hydrogen) atoms. The number of hydrogen-bond donors (Lipinski definition) is 3. The second kappa shape index (κ2) is 9.38. The number of hydrazine groups is 1. The predicted octanol–water partition coefficient (Wildman–Crippen LogP) is 2.49. The van der Waals surface area contributed by atoms with Gasteiger partial charge in [-0.15, -0.1) is 0 Å². The van der Waals surface area contributed by atoms with Crippen LogP contribution in [-0.4, -0.2) is 24.3 Å². The van der Waals surface area contributed by atoms with Gasteiger partial charge in [-0.25, -0.2) is 0 Å². The molecule has 0 aliphatic carbocycles. The zero-order valence-corrected chi connectivity index (χ0v) is 15.6. The van der Waals surface area contributed by atoms with E-state index in [1.165, 1.54) is 0 Å². The molecule has 0 bridgehead atoms. The Hall–Kier alpha value is -3.35. The van der Waals surface area contributed by atoms with Gasteiger partial charge in [0.25, 0.3) is 11.8 Å². The highest BCUT2D eigenvalue weighted by Crippen LogP contribution is 2.16. The summed E-state index contributed by atoms with van der Waals surface area (Å²) in [4.78, 5) is 35.2. The molecule has 0 radical (unpaired) electrons. The quantitative estimate of drug-likeness (QED) is 0.682. The van der Waals surface area contributed by atoms with E-state index in [0.717, 1.165) is 11.1 Å². The van der Waals surface area contributed by atoms with Crippen molar-refractivity contribution in [2.24, 2.45) is 0 Å². The van der Waals surface area contributed by atoms with E-state index in [1.807, 2.05) is 32.0 Å². The Balaban J connectivity index is 1.80. The second-order valence-electron chi connectivity index (χ2n) is 6.09. The van der Waals surface area contributed by atoms with Crippen molar-refractivity contribution in [3.05, 3.63) is 59.2 Å². The zero-order chi connectivity index (χ0) is 19.8. The highest BCUT2D eigenvalue weighted by Gasteiger charge is 2.09. The molecule has 3 N–H and O–H groups in total. The lowest BCUT2D eigenvalue weighted by Crippen LogP contribution is -2.43. The summed E-state index contributed by atoms with van der Waals surface area (Å²) in [7, 11) is 0. The number of carbonyl (C=O) groups is 3. The largest absolute Gasteiger partial charge is 0.484 e. The summed E-state index contributed by atoms with van der Waals surface area (Å²) in [6, 6.07) is 12.0. The van der Waals surface area contributed by atoms with Crippen molar-refractivity contribution in [1.82, 2.24) is 10.9 Å². The number of anilines is 1. The van der Waals surface area contributed by atoms with Gasteiger partial charge in [-0.2, -0.15) is 0 Å². The maximum atomic E-state index is 12.0. The van der Waals surface area contributed by atoms with E-state index in [1.54, 1.807) is 31.2 Å². The summed E-state index contributed by atoms with van der Waals surface area (Å²) in [6.07, 6.45) is 0.373. The van der Waals surface area contributed by atoms with Gasteiger partial charge >= 0.3 is 0 Å². The first-order valence-corrected chi connectivity index (χ1v) is 8.57. The van der Waals surface area contributed by atoms with E-state index in [-0.39, 0.29) is 12.5 Å². The lowest BCUT2D eigenvalue weighted by Gasteiger charge is -2.10. The van der Waals surface area contributed by atoms with Gasteiger partial charge in [0.05, 0.1) is 0 Å². The molecule has 7 nitrogen and oxygen atoms in total. The molecule has 2 aromatic rings. The topological polar surface area (TPSA) is 96.5 Å². The van der Waals surface area contributed by atoms with Crippen LogP contribution in [0.2, 0.25) is 0 Å². The summed E-state index contributed by atoms with van der Waals surface area (Å²) >= 11 is 0. The molecular formula is C20H23N3O4. The molecule has 0 aliphatic heterocycles. The van der Waals surface area contributed by atoms with Crippen LogP contribution < -0.4 is 20.9 Å². The fourth-order valence-corrected chi connectivity index (χ4v) is 2.35. The Bertz CT molecular complexity index is 811. The zero-order valence-electron chi connectivity index (χ0n) is 15.6. The molecule has 0 aliphatic rings. The average molecular weight is 369 g/mol. The highest BCUT2D eigenvalue weighted by molar-refractivity contribution is 5.96. The Morgan fingerprint density at radius 3 is 2.11 bits per heavy atom. The number of ether oxygens (including phenoxy) is 1. The van der Waals surface area contributed by atoms with Crippen molar-refractivity contribution in [3.63, 3.8) is 0 Å². The molecule has 0 atom stereocenters. The van der Waals surface area contributed by atoms with Gasteiger partial charge in [0.2, 0.25) is 5.91 Å². The van der Waals surface area contributed by atoms with Gasteiger partial charge < -0.3 is 10.1 Å². The van der Waals surface area contributed by atoms with Crippen molar-refractivity contribution < 1.29 is 19.1 Å². The average Bonchev–Trinajstić information content (AvgIpc) is 2.64. The third-order valence-electron chi connectivity index (χ3n) is 3.63. The van der Waals surface area contributed by atoms with E-state index in [9.17, 15) is 14.4 Å². The minimum atomic E-state index is -0.477. The van der Waals surface area contributed by atoms with Crippen LogP contribution in [0.1, 0.15) is 34.8 Å². The summed E-state index contributed by atoms with van der Waals surface area (Å²) in [5.41, 5.74) is 7.65. The van der Waals surface area contributed by atoms with Crippen molar-refractivity contribution >= 4 is 23.4 Å². The van der Waals surface area contributed by atoms with Gasteiger partial charge in [-0.1, -0.05) is 13.0 Å². The van der Waals surface area contributed by atoms with Crippen molar-refractivity contribution in [2.45, 2.75) is 27.2 Å². The Kier molecular flexibility index (Phi) is 6.93. The van der Waals surface area contributed by atoms with E-state index in [2.05, 4.69) is 16.2 Å². The lowest BCUT2D eigenvalue weighted by molar-refractivity contribution is -0.123. The number of benzene rings is 2. The van der Waals surface area contributed by atoms with Crippen LogP contribution >= 0.6 is 0 Å². The number of carbonyl (C=O) groups excluding carboxylic acids is 3. The smallest absolute Gasteiger partial charge is 0.276 e. The Morgan fingerprint density at radius 1 is 0.889 bits per heavy atom. The van der Waals surface area contributed by atoms with Crippen molar-refractivity contribution in [3.8, 4) is 5.75 Å². The molecular weight excluding hydrogens is 346 g/mol. The molecule has 0 heterocycles. The van der Waals surface area contributed by atoms with E-state index < -0.39 is 11.8 Å². The molecule has 0 saturated carbocycles. The Labute approximate surface area is 158 Å². The fourth-order valence-electron chi connectivity index (χ4n) is 2.35. The van der Waals surface area contributed by atoms with E-state index >= 15 is 0 Å². The monoisotopic (exact) mass is 369 g/mol. The molecule has 2 aromatic carbocycles. The van der Waals surface area contributed by atoms with Gasteiger partial charge in [-0.3, -0.25) is 25.2 Å². The number of rotatable bonds is 6. The molecule has 3 amide bonds. The molecule has 0 spiro atoms. The standard InChI is InChI=1S/C20H23N3O4/c1-4-18(24)21-16-7-5-15(6-8-16)20(26)23-22-19(25)12-27-17-10-13(2)9-14(3)11-17/h5-11H,4,12H2,1-3H3,(H,21,24)(H,22,25)(H,23,26). The molecule has 0 fully saturated rings. The van der Waals surface area contributed by atoms with Gasteiger partial charge in [0.15, 0.2) is 6.61 Å². The van der Waals surface area contributed by atoms with Gasteiger partial charge in [0, 0.05) is 17.7 Å². The molecule has 142 valence electrons. The molecule has 2 rings (SSSR count). The first-order valence-electron chi connectivity index (χ1n) is 8.57. The maximum Gasteiger partial charge on any atom is 0.276 e. The van der Waals surface area contributed by atoms with Gasteiger partial charge in [-0.05, 0) is 61.4 Å². The molecule has 0 unspecified atom stereocenters. The number of aryl methyl sites for hydroxylation is 2. The third kappa shape index (κ3) is 6.47. The van der Waals surface area contributed by atoms with Crippen LogP contribution in [0, 0.1) is 13.8 Å². The fraction of sp³-hybridized carbons (Fsp3) is 0.250. The molecule has 0 aromatic heterocycles. The first kappa shape index (κ1) is 20.0. The molecule has 0 saturated heterocycles. The normalized spacial score (nSPS) is 10.0. The third-order valence-corrected chi connectivity index (χ3v) is 3.63. The van der Waals surface area contributed by atoms with E-state index in [0.29, 0.717) is 23.4 Å². The summed E-state index contributed by atoms with van der Waals surface area (Å²) in [5.74, 6) is -0.459. The minimum absolute atomic E-state index is 0.108. The number of amides is 3. The van der Waals surface area contributed by atoms with E-state index in [4.69, 9.17) is 4.74 Å². The van der Waals surface area contributed by atoms with Crippen molar-refractivity contribution in [1.29, 1.82) is 0 Å². The van der Waals surface area contributed by atoms with Crippen LogP contribution in [0.15, 0.2) is 42.5 Å². The lowest BCUT2D eigenvalue weighted by atomic mass is 10.1. The van der Waals surface area contributed by atoms with Crippen molar-refractivity contribution in [2.75, 3.05) is 11.9 Å². The summed E-state index contributed by atoms with van der Waals surface area (Å²) < 4.78 is 5.43. The predicted molar refractivity (Wildman–Crippen MR) is 102 cm³/mol. The highest BCUT2D eigenvalue weighted by atomic mass is 16.5. The van der Waals surface area contributed by atoms with Crippen LogP contribution in [0.5, 0.6) is 5.75 Å². The summed E-state index contributed by atoms with van der Waals surface area (Å²) in [5, 5.41) is 2.69. The summed E-state index contributed by atoms with van der Waals surface area (Å²) in [6.45, 7) is 5.42. The molecule has 7 heteroatoms. The SMILES string of the molecule is CCC(=O)Nc1ccc(C(=O)NNC(=O)COc2cc(C)cc(C)c2)cc1. The van der Waals surface area contributed by atoms with Crippen LogP contribution in [0.4, 0.5) is 5.69 Å². The number of nitrogens with one attached hydrogen (secondary N) is 3. The first-order chi connectivity index (χ1) is 12.9. The van der Waals surface area contributed by atoms with Crippen LogP contribution in [0.3, 0.4) is 0 Å². The maximum absolute atomic E-state index is 12.0. The van der Waals surface area contributed by atoms with Crippen LogP contribution in [-0.2, 0) is 9.59 Å².